The number of carbonyl (C=O) groups excluding carboxylic acids is 4. The van der Waals surface area contributed by atoms with E-state index in [-0.39, 0.29) is 52.1 Å². The van der Waals surface area contributed by atoms with E-state index >= 15 is 8.78 Å². The molecule has 4 N–H and O–H groups in total. The molecule has 4 aromatic heterocycles. The van der Waals surface area contributed by atoms with Crippen molar-refractivity contribution in [3.05, 3.63) is 87.4 Å². The van der Waals surface area contributed by atoms with Crippen molar-refractivity contribution < 1.29 is 42.2 Å². The zero-order valence-corrected chi connectivity index (χ0v) is 39.2. The van der Waals surface area contributed by atoms with Gasteiger partial charge in [-0.3, -0.25) is 14.2 Å². The maximum absolute atomic E-state index is 17.3. The van der Waals surface area contributed by atoms with Crippen LogP contribution in [0.4, 0.5) is 18.4 Å². The second kappa shape index (κ2) is 18.3. The standard InChI is InChI=1S/C47H50ClF2N9O7S/c1-22(2)38(55-46(62)64-5)43(60)57-15-7-9-31(57)41-51-20-28(53-41)24-11-12-30-26(17-24)37(50)40-36-27(49)18-25(19-33(36)66-45(59(30)40)34-13-14-35(48)67-34)29-21-52-42(54-29)32-10-8-16-58(32)44(61)39(23(3)4)56-47(63)65-6/h11-14,17-23,31-32,38-39,45H,7-10,15-16H2,1-6H3,(H,51,53)(H,52,54)(H,55,62)(H,56,63). The van der Waals surface area contributed by atoms with Crippen LogP contribution in [0, 0.1) is 23.5 Å². The van der Waals surface area contributed by atoms with Gasteiger partial charge in [-0.05, 0) is 73.9 Å². The highest BCUT2D eigenvalue weighted by Gasteiger charge is 2.40. The zero-order valence-electron chi connectivity index (χ0n) is 37.6. The van der Waals surface area contributed by atoms with Crippen LogP contribution < -0.4 is 15.4 Å². The van der Waals surface area contributed by atoms with Crippen LogP contribution >= 0.6 is 22.9 Å². The number of fused-ring (bicyclic) bond motifs is 5. The molecule has 0 radical (unpaired) electrons. The molecule has 20 heteroatoms. The monoisotopic (exact) mass is 957 g/mol. The number of aromatic amines is 2. The number of nitrogens with zero attached hydrogens (tertiary/aromatic N) is 5. The number of imidazole rings is 2. The minimum absolute atomic E-state index is 0.00309. The van der Waals surface area contributed by atoms with Crippen LogP contribution in [0.3, 0.4) is 0 Å². The molecule has 16 nitrogen and oxygen atoms in total. The van der Waals surface area contributed by atoms with Crippen molar-refractivity contribution in [2.24, 2.45) is 11.8 Å². The van der Waals surface area contributed by atoms with Crippen molar-refractivity contribution in [2.45, 2.75) is 83.8 Å². The molecule has 5 atom stereocenters. The van der Waals surface area contributed by atoms with E-state index in [1.165, 1.54) is 31.6 Å². The molecule has 2 fully saturated rings. The van der Waals surface area contributed by atoms with E-state index in [0.717, 1.165) is 6.42 Å². The number of benzene rings is 2. The second-order valence-corrected chi connectivity index (χ2v) is 19.4. The third-order valence-corrected chi connectivity index (χ3v) is 14.1. The van der Waals surface area contributed by atoms with Crippen LogP contribution in [-0.2, 0) is 19.1 Å². The van der Waals surface area contributed by atoms with Gasteiger partial charge in [-0.15, -0.1) is 11.3 Å². The van der Waals surface area contributed by atoms with E-state index in [0.29, 0.717) is 81.2 Å². The van der Waals surface area contributed by atoms with Crippen LogP contribution in [-0.4, -0.2) is 97.7 Å². The Morgan fingerprint density at radius 1 is 0.806 bits per heavy atom. The SMILES string of the molecule is COC(=O)NC(C(=O)N1CCCC1c1ncc(-c2cc(F)c3c(c2)OC(c2ccc(Cl)s2)n2c-3c(F)c3cc(-c4cnc(C5CCCN5C(=O)C(NC(=O)OC)C(C)C)[nH]4)ccc32)[nH]1)C(C)C. The fourth-order valence-electron chi connectivity index (χ4n) is 9.49. The summed E-state index contributed by atoms with van der Waals surface area (Å²) < 4.78 is 52.3. The number of halogens is 3. The summed E-state index contributed by atoms with van der Waals surface area (Å²) in [5.41, 5.74) is 2.46. The first-order chi connectivity index (χ1) is 32.2. The number of amides is 4. The summed E-state index contributed by atoms with van der Waals surface area (Å²) in [7, 11) is 2.49. The Balaban J connectivity index is 1.04. The molecule has 67 heavy (non-hydrogen) atoms. The summed E-state index contributed by atoms with van der Waals surface area (Å²) in [4.78, 5) is 71.7. The molecule has 0 saturated carbocycles. The number of nitrogens with one attached hydrogen (secondary N) is 4. The highest BCUT2D eigenvalue weighted by molar-refractivity contribution is 7.16. The molecule has 0 aliphatic carbocycles. The Labute approximate surface area is 393 Å². The van der Waals surface area contributed by atoms with Gasteiger partial charge < -0.3 is 44.6 Å². The first-order valence-corrected chi connectivity index (χ1v) is 23.4. The lowest BCUT2D eigenvalue weighted by Crippen LogP contribution is -2.51. The summed E-state index contributed by atoms with van der Waals surface area (Å²) in [6, 6.07) is 9.34. The summed E-state index contributed by atoms with van der Waals surface area (Å²) in [6.07, 6.45) is 3.64. The van der Waals surface area contributed by atoms with Gasteiger partial charge >= 0.3 is 12.2 Å². The fourth-order valence-corrected chi connectivity index (χ4v) is 10.6. The molecular weight excluding hydrogens is 908 g/mol. The molecular formula is C47H50ClF2N9O7S. The minimum Gasteiger partial charge on any atom is -0.464 e. The Bertz CT molecular complexity index is 2890. The van der Waals surface area contributed by atoms with Crippen molar-refractivity contribution in [3.8, 4) is 39.5 Å². The van der Waals surface area contributed by atoms with Gasteiger partial charge in [-0.25, -0.2) is 28.3 Å². The average molecular weight is 958 g/mol. The van der Waals surface area contributed by atoms with Crippen molar-refractivity contribution >= 4 is 57.8 Å². The lowest BCUT2D eigenvalue weighted by atomic mass is 10.0. The molecule has 2 saturated heterocycles. The van der Waals surface area contributed by atoms with Gasteiger partial charge in [0.2, 0.25) is 18.0 Å². The molecule has 0 spiro atoms. The smallest absolute Gasteiger partial charge is 0.407 e. The van der Waals surface area contributed by atoms with Crippen LogP contribution in [0.1, 0.15) is 88.2 Å². The van der Waals surface area contributed by atoms with Crippen molar-refractivity contribution in [2.75, 3.05) is 27.3 Å². The first-order valence-electron chi connectivity index (χ1n) is 22.2. The molecule has 0 bridgehead atoms. The molecule has 4 amide bonds. The molecule has 9 rings (SSSR count). The summed E-state index contributed by atoms with van der Waals surface area (Å²) in [5, 5.41) is 5.54. The van der Waals surface area contributed by atoms with Crippen LogP contribution in [0.15, 0.2) is 54.9 Å². The number of alkyl carbamates (subject to hydrolysis) is 2. The van der Waals surface area contributed by atoms with Gasteiger partial charge in [0, 0.05) is 29.6 Å². The number of rotatable bonds is 11. The minimum atomic E-state index is -0.914. The van der Waals surface area contributed by atoms with E-state index in [1.807, 2.05) is 33.8 Å². The van der Waals surface area contributed by atoms with Crippen molar-refractivity contribution in [1.82, 2.24) is 44.9 Å². The lowest BCUT2D eigenvalue weighted by Gasteiger charge is -2.30. The van der Waals surface area contributed by atoms with Crippen molar-refractivity contribution in [1.29, 1.82) is 0 Å². The molecule has 7 heterocycles. The quantitative estimate of drug-likeness (QED) is 0.0982. The Hall–Kier alpha value is -6.47. The highest BCUT2D eigenvalue weighted by atomic mass is 35.5. The Morgan fingerprint density at radius 3 is 1.90 bits per heavy atom. The van der Waals surface area contributed by atoms with Crippen molar-refractivity contribution in [3.63, 3.8) is 0 Å². The van der Waals surface area contributed by atoms with Gasteiger partial charge in [0.25, 0.3) is 0 Å². The number of methoxy groups -OCH3 is 2. The fraction of sp³-hybridized carbons (Fsp3) is 0.404. The van der Waals surface area contributed by atoms with Gasteiger partial charge in [-0.2, -0.15) is 0 Å². The maximum Gasteiger partial charge on any atom is 0.407 e. The average Bonchev–Trinajstić information content (AvgIpc) is 4.18. The van der Waals surface area contributed by atoms with Gasteiger partial charge in [0.1, 0.15) is 35.3 Å². The predicted octanol–water partition coefficient (Wildman–Crippen LogP) is 9.11. The van der Waals surface area contributed by atoms with Gasteiger partial charge in [0.05, 0.1) is 76.1 Å². The molecule has 5 unspecified atom stereocenters. The number of hydrogen-bond donors (Lipinski definition) is 4. The normalized spacial score (nSPS) is 18.8. The topological polar surface area (TPSA) is 189 Å². The Kier molecular flexibility index (Phi) is 12.5. The molecule has 6 aromatic rings. The third-order valence-electron chi connectivity index (χ3n) is 12.8. The zero-order chi connectivity index (χ0) is 47.4. The molecule has 2 aromatic carbocycles. The molecule has 3 aliphatic rings. The predicted molar refractivity (Wildman–Crippen MR) is 246 cm³/mol. The van der Waals surface area contributed by atoms with E-state index in [9.17, 15) is 19.2 Å². The number of H-pyrrole nitrogens is 2. The van der Waals surface area contributed by atoms with Crippen LogP contribution in [0.2, 0.25) is 4.34 Å². The van der Waals surface area contributed by atoms with Gasteiger partial charge in [-0.1, -0.05) is 45.4 Å². The largest absolute Gasteiger partial charge is 0.464 e. The van der Waals surface area contributed by atoms with E-state index in [2.05, 4.69) is 30.6 Å². The number of ether oxygens (including phenoxy) is 3. The summed E-state index contributed by atoms with van der Waals surface area (Å²) in [6.45, 7) is 8.33. The van der Waals surface area contributed by atoms with E-state index in [1.54, 1.807) is 57.1 Å². The number of carbonyl (C=O) groups is 4. The third kappa shape index (κ3) is 8.36. The van der Waals surface area contributed by atoms with E-state index in [4.69, 9.17) is 25.8 Å². The number of likely N-dealkylation sites (tertiary alicyclic amines) is 2. The Morgan fingerprint density at radius 2 is 1.37 bits per heavy atom. The first kappa shape index (κ1) is 45.7. The highest BCUT2D eigenvalue weighted by Crippen LogP contribution is 2.50. The number of thiophene rings is 1. The second-order valence-electron chi connectivity index (χ2n) is 17.7. The van der Waals surface area contributed by atoms with Crippen LogP contribution in [0.5, 0.6) is 5.75 Å². The lowest BCUT2D eigenvalue weighted by molar-refractivity contribution is -0.136. The number of aromatic nitrogens is 5. The summed E-state index contributed by atoms with van der Waals surface area (Å²) in [5.74, 6) is -1.12. The number of hydrogen-bond acceptors (Lipinski definition) is 10. The van der Waals surface area contributed by atoms with Crippen LogP contribution in [0.25, 0.3) is 44.7 Å². The maximum atomic E-state index is 17.3. The van der Waals surface area contributed by atoms with E-state index < -0.39 is 48.2 Å². The summed E-state index contributed by atoms with van der Waals surface area (Å²) >= 11 is 7.70. The molecule has 3 aliphatic heterocycles. The molecule has 352 valence electrons. The van der Waals surface area contributed by atoms with Gasteiger partial charge in [0.15, 0.2) is 5.82 Å².